The average molecular weight is 229 g/mol. The van der Waals surface area contributed by atoms with Crippen LogP contribution < -0.4 is 0 Å². The van der Waals surface area contributed by atoms with Crippen LogP contribution in [0.1, 0.15) is 16.3 Å². The number of carboxylic acid groups (broad SMARTS) is 1. The van der Waals surface area contributed by atoms with Gasteiger partial charge in [-0.25, -0.2) is 4.79 Å². The lowest BCUT2D eigenvalue weighted by Gasteiger charge is -1.96. The van der Waals surface area contributed by atoms with E-state index in [2.05, 4.69) is 5.10 Å². The molecular weight excluding hydrogens is 220 g/mol. The fourth-order valence-corrected chi connectivity index (χ4v) is 1.13. The topological polar surface area (TPSA) is 68.3 Å². The van der Waals surface area contributed by atoms with Gasteiger partial charge in [0.1, 0.15) is 5.76 Å². The molecule has 0 aliphatic carbocycles. The van der Waals surface area contributed by atoms with Crippen LogP contribution in [0, 0.1) is 0 Å². The van der Waals surface area contributed by atoms with Crippen molar-refractivity contribution in [3.05, 3.63) is 42.1 Å². The Balaban J connectivity index is 0.00000112. The Morgan fingerprint density at radius 1 is 1.53 bits per heavy atom. The third kappa shape index (κ3) is 2.60. The van der Waals surface area contributed by atoms with Crippen molar-refractivity contribution in [2.75, 3.05) is 0 Å². The minimum Gasteiger partial charge on any atom is -0.475 e. The minimum atomic E-state index is -1.06. The van der Waals surface area contributed by atoms with Crippen LogP contribution in [0.3, 0.4) is 0 Å². The summed E-state index contributed by atoms with van der Waals surface area (Å²) in [6.07, 6.45) is 3.43. The van der Waals surface area contributed by atoms with Crippen molar-refractivity contribution in [3.8, 4) is 0 Å². The predicted molar refractivity (Wildman–Crippen MR) is 54.2 cm³/mol. The van der Waals surface area contributed by atoms with Crippen molar-refractivity contribution in [2.45, 2.75) is 6.54 Å². The third-order valence-corrected chi connectivity index (χ3v) is 1.75. The maximum Gasteiger partial charge on any atom is 0.371 e. The first-order valence-corrected chi connectivity index (χ1v) is 4.05. The lowest BCUT2D eigenvalue weighted by molar-refractivity contribution is 0.0660. The molecule has 2 aromatic rings. The van der Waals surface area contributed by atoms with Crippen molar-refractivity contribution in [3.63, 3.8) is 0 Å². The lowest BCUT2D eigenvalue weighted by Crippen LogP contribution is -1.98. The van der Waals surface area contributed by atoms with Gasteiger partial charge in [-0.15, -0.1) is 12.4 Å². The van der Waals surface area contributed by atoms with Crippen molar-refractivity contribution >= 4 is 18.4 Å². The molecule has 15 heavy (non-hydrogen) atoms. The Morgan fingerprint density at radius 3 is 2.87 bits per heavy atom. The summed E-state index contributed by atoms with van der Waals surface area (Å²) in [7, 11) is 0. The van der Waals surface area contributed by atoms with Crippen molar-refractivity contribution in [2.24, 2.45) is 0 Å². The molecule has 2 rings (SSSR count). The van der Waals surface area contributed by atoms with Crippen LogP contribution in [0.15, 0.2) is 35.0 Å². The van der Waals surface area contributed by atoms with Crippen LogP contribution in [-0.4, -0.2) is 20.9 Å². The second kappa shape index (κ2) is 4.65. The van der Waals surface area contributed by atoms with Crippen LogP contribution in [0.4, 0.5) is 0 Å². The molecule has 0 unspecified atom stereocenters. The van der Waals surface area contributed by atoms with Crippen LogP contribution >= 0.6 is 12.4 Å². The van der Waals surface area contributed by atoms with E-state index in [1.165, 1.54) is 6.07 Å². The van der Waals surface area contributed by atoms with E-state index in [0.29, 0.717) is 12.3 Å². The van der Waals surface area contributed by atoms with Gasteiger partial charge in [-0.05, 0) is 18.2 Å². The minimum absolute atomic E-state index is 0. The molecule has 0 saturated heterocycles. The number of furan rings is 1. The molecule has 80 valence electrons. The molecule has 0 saturated carbocycles. The quantitative estimate of drug-likeness (QED) is 0.867. The molecule has 0 bridgehead atoms. The maximum absolute atomic E-state index is 10.5. The molecule has 0 amide bonds. The Bertz CT molecular complexity index is 436. The Hall–Kier alpha value is -1.75. The average Bonchev–Trinajstić information content (AvgIpc) is 2.75. The number of carbonyl (C=O) groups is 1. The van der Waals surface area contributed by atoms with E-state index in [0.717, 1.165) is 0 Å². The summed E-state index contributed by atoms with van der Waals surface area (Å²) in [6, 6.07) is 4.85. The van der Waals surface area contributed by atoms with Crippen molar-refractivity contribution in [1.82, 2.24) is 9.78 Å². The molecule has 0 spiro atoms. The van der Waals surface area contributed by atoms with Crippen LogP contribution in [0.5, 0.6) is 0 Å². The number of aromatic nitrogens is 2. The van der Waals surface area contributed by atoms with Gasteiger partial charge in [0.05, 0.1) is 6.54 Å². The molecule has 0 aromatic carbocycles. The largest absolute Gasteiger partial charge is 0.475 e. The monoisotopic (exact) mass is 228 g/mol. The van der Waals surface area contributed by atoms with E-state index in [4.69, 9.17) is 9.52 Å². The van der Waals surface area contributed by atoms with E-state index in [-0.39, 0.29) is 18.2 Å². The SMILES string of the molecule is Cl.O=C(O)c1ccc(Cn2cccn2)o1. The molecule has 0 fully saturated rings. The lowest BCUT2D eigenvalue weighted by atomic mass is 10.4. The Morgan fingerprint density at radius 2 is 2.33 bits per heavy atom. The van der Waals surface area contributed by atoms with Gasteiger partial charge in [0.2, 0.25) is 5.76 Å². The van der Waals surface area contributed by atoms with E-state index < -0.39 is 5.97 Å². The highest BCUT2D eigenvalue weighted by molar-refractivity contribution is 5.85. The molecule has 0 radical (unpaired) electrons. The van der Waals surface area contributed by atoms with E-state index in [9.17, 15) is 4.79 Å². The zero-order valence-electron chi connectivity index (χ0n) is 7.66. The summed E-state index contributed by atoms with van der Waals surface area (Å²) in [5, 5.41) is 12.6. The van der Waals surface area contributed by atoms with Gasteiger partial charge in [-0.2, -0.15) is 5.10 Å². The standard InChI is InChI=1S/C9H8N2O3.ClH/c12-9(13)8-3-2-7(14-8)6-11-5-1-4-10-11;/h1-5H,6H2,(H,12,13);1H. The van der Waals surface area contributed by atoms with Crippen molar-refractivity contribution in [1.29, 1.82) is 0 Å². The molecule has 1 N–H and O–H groups in total. The summed E-state index contributed by atoms with van der Waals surface area (Å²) in [5.41, 5.74) is 0. The van der Waals surface area contributed by atoms with Crippen LogP contribution in [0.2, 0.25) is 0 Å². The zero-order valence-corrected chi connectivity index (χ0v) is 8.48. The second-order valence-electron chi connectivity index (χ2n) is 2.77. The smallest absolute Gasteiger partial charge is 0.371 e. The molecule has 6 heteroatoms. The van der Waals surface area contributed by atoms with Crippen LogP contribution in [0.25, 0.3) is 0 Å². The number of halogens is 1. The normalized spacial score (nSPS) is 9.60. The van der Waals surface area contributed by atoms with E-state index in [1.807, 2.05) is 0 Å². The molecule has 2 aromatic heterocycles. The van der Waals surface area contributed by atoms with Gasteiger partial charge in [-0.1, -0.05) is 0 Å². The summed E-state index contributed by atoms with van der Waals surface area (Å²) >= 11 is 0. The number of hydrogen-bond acceptors (Lipinski definition) is 3. The molecule has 0 atom stereocenters. The summed E-state index contributed by atoms with van der Waals surface area (Å²) < 4.78 is 6.72. The molecular formula is C9H9ClN2O3. The number of hydrogen-bond donors (Lipinski definition) is 1. The maximum atomic E-state index is 10.5. The van der Waals surface area contributed by atoms with Gasteiger partial charge < -0.3 is 9.52 Å². The fourth-order valence-electron chi connectivity index (χ4n) is 1.13. The Labute approximate surface area is 91.7 Å². The predicted octanol–water partition coefficient (Wildman–Crippen LogP) is 1.64. The summed E-state index contributed by atoms with van der Waals surface area (Å²) in [6.45, 7) is 0.445. The molecule has 0 aliphatic heterocycles. The number of aromatic carboxylic acids is 1. The first-order chi connectivity index (χ1) is 6.75. The van der Waals surface area contributed by atoms with Gasteiger partial charge in [0, 0.05) is 12.4 Å². The van der Waals surface area contributed by atoms with Gasteiger partial charge >= 0.3 is 5.97 Å². The van der Waals surface area contributed by atoms with Crippen molar-refractivity contribution < 1.29 is 14.3 Å². The highest BCUT2D eigenvalue weighted by atomic mass is 35.5. The first-order valence-electron chi connectivity index (χ1n) is 4.05. The summed E-state index contributed by atoms with van der Waals surface area (Å²) in [5.74, 6) is -0.532. The molecule has 5 nitrogen and oxygen atoms in total. The highest BCUT2D eigenvalue weighted by Gasteiger charge is 2.08. The number of nitrogens with zero attached hydrogens (tertiary/aromatic N) is 2. The van der Waals surface area contributed by atoms with Gasteiger partial charge in [0.15, 0.2) is 0 Å². The van der Waals surface area contributed by atoms with Gasteiger partial charge in [0.25, 0.3) is 0 Å². The number of carboxylic acids is 1. The highest BCUT2D eigenvalue weighted by Crippen LogP contribution is 2.08. The zero-order chi connectivity index (χ0) is 9.97. The Kier molecular flexibility index (Phi) is 3.51. The van der Waals surface area contributed by atoms with E-state index >= 15 is 0 Å². The van der Waals surface area contributed by atoms with Crippen LogP contribution in [-0.2, 0) is 6.54 Å². The van der Waals surface area contributed by atoms with E-state index in [1.54, 1.807) is 29.2 Å². The fraction of sp³-hybridized carbons (Fsp3) is 0.111. The van der Waals surface area contributed by atoms with Gasteiger partial charge in [-0.3, -0.25) is 4.68 Å². The first kappa shape index (κ1) is 11.3. The third-order valence-electron chi connectivity index (χ3n) is 1.75. The molecule has 0 aliphatic rings. The number of rotatable bonds is 3. The molecule has 2 heterocycles. The second-order valence-corrected chi connectivity index (χ2v) is 2.77. The summed E-state index contributed by atoms with van der Waals surface area (Å²) in [4.78, 5) is 10.5.